The monoisotopic (exact) mass is 409 g/mol. The molecule has 0 spiro atoms. The van der Waals surface area contributed by atoms with E-state index < -0.39 is 35.7 Å². The van der Waals surface area contributed by atoms with E-state index >= 15 is 0 Å². The standard InChI is InChI=1S/C18H18F3N5OS/c1-10-23-18(28-24-10)25-5-3-14(15(21)9-25)17(27)26-16(2-4-22-26)11-6-12(19)8-13(20)7-11/h4,6-8,14-16H,2-3,5,9H2,1H3/t14-,15+,16+/m1/s1. The van der Waals surface area contributed by atoms with Crippen molar-refractivity contribution in [1.82, 2.24) is 14.4 Å². The number of hydrazone groups is 1. The Hall–Kier alpha value is -2.49. The predicted octanol–water partition coefficient (Wildman–Crippen LogP) is 3.25. The van der Waals surface area contributed by atoms with Gasteiger partial charge in [-0.05, 0) is 31.0 Å². The maximum Gasteiger partial charge on any atom is 0.249 e. The Labute approximate surface area is 163 Å². The first-order valence-corrected chi connectivity index (χ1v) is 9.70. The van der Waals surface area contributed by atoms with Gasteiger partial charge < -0.3 is 4.90 Å². The van der Waals surface area contributed by atoms with Crippen LogP contribution in [0.4, 0.5) is 18.3 Å². The highest BCUT2D eigenvalue weighted by Gasteiger charge is 2.40. The van der Waals surface area contributed by atoms with Crippen LogP contribution in [0.3, 0.4) is 0 Å². The van der Waals surface area contributed by atoms with E-state index in [1.807, 2.05) is 0 Å². The van der Waals surface area contributed by atoms with Gasteiger partial charge in [-0.2, -0.15) is 9.47 Å². The van der Waals surface area contributed by atoms with Crippen molar-refractivity contribution in [3.63, 3.8) is 0 Å². The first-order valence-electron chi connectivity index (χ1n) is 8.93. The zero-order valence-corrected chi connectivity index (χ0v) is 15.9. The molecule has 3 atom stereocenters. The van der Waals surface area contributed by atoms with E-state index in [9.17, 15) is 18.0 Å². The third kappa shape index (κ3) is 3.60. The zero-order chi connectivity index (χ0) is 19.8. The van der Waals surface area contributed by atoms with Gasteiger partial charge in [-0.3, -0.25) is 4.79 Å². The van der Waals surface area contributed by atoms with Crippen molar-refractivity contribution in [3.8, 4) is 0 Å². The molecule has 6 nitrogen and oxygen atoms in total. The fourth-order valence-corrected chi connectivity index (χ4v) is 4.32. The lowest BCUT2D eigenvalue weighted by molar-refractivity contribution is -0.140. The number of piperidine rings is 1. The van der Waals surface area contributed by atoms with Gasteiger partial charge in [-0.1, -0.05) is 0 Å². The van der Waals surface area contributed by atoms with Crippen LogP contribution in [-0.2, 0) is 4.79 Å². The molecule has 0 aliphatic carbocycles. The first-order chi connectivity index (χ1) is 13.4. The van der Waals surface area contributed by atoms with Gasteiger partial charge in [0.15, 0.2) is 0 Å². The number of benzene rings is 1. The molecule has 0 unspecified atom stereocenters. The van der Waals surface area contributed by atoms with E-state index in [4.69, 9.17) is 0 Å². The number of aryl methyl sites for hydroxylation is 1. The quantitative estimate of drug-likeness (QED) is 0.781. The highest BCUT2D eigenvalue weighted by atomic mass is 32.1. The zero-order valence-electron chi connectivity index (χ0n) is 15.1. The summed E-state index contributed by atoms with van der Waals surface area (Å²) in [6.07, 6.45) is 0.743. The third-order valence-corrected chi connectivity index (χ3v) is 5.84. The van der Waals surface area contributed by atoms with Crippen LogP contribution in [0.5, 0.6) is 0 Å². The Bertz CT molecular complexity index is 900. The Morgan fingerprint density at radius 1 is 1.25 bits per heavy atom. The molecule has 1 aromatic heterocycles. The average Bonchev–Trinajstić information content (AvgIpc) is 3.29. The normalized spacial score (nSPS) is 24.8. The molecule has 10 heteroatoms. The SMILES string of the molecule is Cc1nsc(N2CC[C@@H](C(=O)N3N=CC[C@H]3c3cc(F)cc(F)c3)[C@@H](F)C2)n1. The number of nitrogens with zero attached hydrogens (tertiary/aromatic N) is 5. The summed E-state index contributed by atoms with van der Waals surface area (Å²) in [6.45, 7) is 2.29. The molecule has 28 heavy (non-hydrogen) atoms. The molecular weight excluding hydrogens is 391 g/mol. The van der Waals surface area contributed by atoms with E-state index in [2.05, 4.69) is 14.5 Å². The second kappa shape index (κ2) is 7.50. The molecule has 0 saturated carbocycles. The topological polar surface area (TPSA) is 61.7 Å². The number of rotatable bonds is 3. The molecular formula is C18H18F3N5OS. The van der Waals surface area contributed by atoms with E-state index in [0.717, 1.165) is 11.1 Å². The van der Waals surface area contributed by atoms with Crippen LogP contribution in [0.1, 0.15) is 30.3 Å². The maximum absolute atomic E-state index is 14.8. The lowest BCUT2D eigenvalue weighted by atomic mass is 9.93. The predicted molar refractivity (Wildman–Crippen MR) is 98.9 cm³/mol. The number of alkyl halides is 1. The number of halogens is 3. The van der Waals surface area contributed by atoms with E-state index in [1.165, 1.54) is 29.9 Å². The molecule has 0 N–H and O–H groups in total. The third-order valence-electron chi connectivity index (χ3n) is 4.97. The van der Waals surface area contributed by atoms with Gasteiger partial charge in [0.2, 0.25) is 11.0 Å². The van der Waals surface area contributed by atoms with Crippen molar-refractivity contribution in [3.05, 3.63) is 41.2 Å². The summed E-state index contributed by atoms with van der Waals surface area (Å²) < 4.78 is 46.1. The fraction of sp³-hybridized carbons (Fsp3) is 0.444. The van der Waals surface area contributed by atoms with Crippen LogP contribution in [-0.4, -0.2) is 45.7 Å². The highest BCUT2D eigenvalue weighted by molar-refractivity contribution is 7.09. The molecule has 0 radical (unpaired) electrons. The Morgan fingerprint density at radius 2 is 2.00 bits per heavy atom. The lowest BCUT2D eigenvalue weighted by Gasteiger charge is -2.35. The summed E-state index contributed by atoms with van der Waals surface area (Å²) in [5, 5.41) is 5.86. The van der Waals surface area contributed by atoms with Gasteiger partial charge in [0.25, 0.3) is 0 Å². The molecule has 1 aromatic carbocycles. The van der Waals surface area contributed by atoms with Crippen molar-refractivity contribution in [2.24, 2.45) is 11.0 Å². The van der Waals surface area contributed by atoms with Gasteiger partial charge in [-0.15, -0.1) is 0 Å². The number of anilines is 1. The molecule has 3 heterocycles. The van der Waals surface area contributed by atoms with Crippen LogP contribution in [0.2, 0.25) is 0 Å². The van der Waals surface area contributed by atoms with Gasteiger partial charge in [0.1, 0.15) is 23.6 Å². The highest BCUT2D eigenvalue weighted by Crippen LogP contribution is 2.34. The average molecular weight is 409 g/mol. The minimum absolute atomic E-state index is 0.0435. The number of aromatic nitrogens is 2. The van der Waals surface area contributed by atoms with E-state index in [1.54, 1.807) is 11.8 Å². The minimum atomic E-state index is -1.40. The number of hydrogen-bond acceptors (Lipinski definition) is 6. The van der Waals surface area contributed by atoms with Crippen molar-refractivity contribution in [2.75, 3.05) is 18.0 Å². The van der Waals surface area contributed by atoms with Gasteiger partial charge in [-0.25, -0.2) is 23.2 Å². The summed E-state index contributed by atoms with van der Waals surface area (Å²) in [5.41, 5.74) is 0.306. The number of amides is 1. The maximum atomic E-state index is 14.8. The van der Waals surface area contributed by atoms with Gasteiger partial charge >= 0.3 is 0 Å². The van der Waals surface area contributed by atoms with Crippen molar-refractivity contribution in [1.29, 1.82) is 0 Å². The van der Waals surface area contributed by atoms with Gasteiger partial charge in [0, 0.05) is 36.8 Å². The van der Waals surface area contributed by atoms with Crippen LogP contribution in [0.15, 0.2) is 23.3 Å². The molecule has 1 saturated heterocycles. The molecule has 0 bridgehead atoms. The summed E-state index contributed by atoms with van der Waals surface area (Å²) in [5.74, 6) is -2.15. The number of carbonyl (C=O) groups excluding carboxylic acids is 1. The van der Waals surface area contributed by atoms with Crippen molar-refractivity contribution >= 4 is 28.8 Å². The lowest BCUT2D eigenvalue weighted by Crippen LogP contribution is -2.48. The van der Waals surface area contributed by atoms with Crippen molar-refractivity contribution in [2.45, 2.75) is 32.0 Å². The van der Waals surface area contributed by atoms with Crippen LogP contribution in [0.25, 0.3) is 0 Å². The van der Waals surface area contributed by atoms with Gasteiger partial charge in [0.05, 0.1) is 18.5 Å². The molecule has 4 rings (SSSR count). The second-order valence-electron chi connectivity index (χ2n) is 6.92. The largest absolute Gasteiger partial charge is 0.344 e. The smallest absolute Gasteiger partial charge is 0.249 e. The summed E-state index contributed by atoms with van der Waals surface area (Å²) >= 11 is 1.20. The number of hydrogen-bond donors (Lipinski definition) is 0. The Kier molecular flexibility index (Phi) is 5.05. The fourth-order valence-electron chi connectivity index (χ4n) is 3.61. The first kappa shape index (κ1) is 18.9. The Morgan fingerprint density at radius 3 is 2.64 bits per heavy atom. The molecule has 2 aliphatic rings. The van der Waals surface area contributed by atoms with Crippen LogP contribution < -0.4 is 4.90 Å². The molecule has 148 valence electrons. The van der Waals surface area contributed by atoms with Crippen molar-refractivity contribution < 1.29 is 18.0 Å². The molecule has 2 aromatic rings. The van der Waals surface area contributed by atoms with E-state index in [0.29, 0.717) is 35.9 Å². The second-order valence-corrected chi connectivity index (χ2v) is 7.65. The van der Waals surface area contributed by atoms with Crippen LogP contribution >= 0.6 is 11.5 Å². The summed E-state index contributed by atoms with van der Waals surface area (Å²) in [6, 6.07) is 2.49. The van der Waals surface area contributed by atoms with E-state index in [-0.39, 0.29) is 6.54 Å². The summed E-state index contributed by atoms with van der Waals surface area (Å²) in [7, 11) is 0. The number of carbonyl (C=O) groups is 1. The molecule has 1 amide bonds. The Balaban J connectivity index is 1.48. The molecule has 1 fully saturated rings. The molecule has 2 aliphatic heterocycles. The minimum Gasteiger partial charge on any atom is -0.344 e. The van der Waals surface area contributed by atoms with Crippen LogP contribution in [0, 0.1) is 24.5 Å². The summed E-state index contributed by atoms with van der Waals surface area (Å²) in [4.78, 5) is 19.0.